The average Bonchev–Trinajstić information content (AvgIpc) is 3.95. The fourth-order valence-electron chi connectivity index (χ4n) is 7.66. The summed E-state index contributed by atoms with van der Waals surface area (Å²) in [5, 5.41) is 26.7. The van der Waals surface area contributed by atoms with E-state index in [-0.39, 0.29) is 107 Å². The molecule has 332 valence electrons. The normalized spacial score (nSPS) is 12.1. The van der Waals surface area contributed by atoms with Gasteiger partial charge in [-0.2, -0.15) is 21.2 Å². The Morgan fingerprint density at radius 1 is 0.603 bits per heavy atom. The number of aromatic nitrogens is 5. The van der Waals surface area contributed by atoms with Gasteiger partial charge in [0.1, 0.15) is 42.5 Å². The number of rotatable bonds is 12. The Kier molecular flexibility index (Phi) is 13.9. The second-order valence-corrected chi connectivity index (χ2v) is 20.3. The first-order chi connectivity index (χ1) is 31.6. The Labute approximate surface area is 436 Å². The van der Waals surface area contributed by atoms with Crippen LogP contribution in [0.15, 0.2) is 153 Å². The molecule has 0 spiro atoms. The number of aryl methyl sites for hydroxylation is 2. The maximum absolute atomic E-state index is 14.2. The topological polar surface area (TPSA) is 245 Å². The molecule has 0 unspecified atom stereocenters. The summed E-state index contributed by atoms with van der Waals surface area (Å²) in [4.78, 5) is 8.13. The van der Waals surface area contributed by atoms with E-state index in [1.165, 1.54) is 48.5 Å². The van der Waals surface area contributed by atoms with Crippen molar-refractivity contribution < 1.29 is 112 Å². The molecule has 0 amide bonds. The fraction of sp³-hybridized carbons (Fsp3) is 0.0444. The van der Waals surface area contributed by atoms with Gasteiger partial charge in [-0.3, -0.25) is 5.04 Å². The molecule has 0 aliphatic carbocycles. The monoisotopic (exact) mass is 1010 g/mol. The minimum atomic E-state index is -5.27. The number of hydrogen-bond donors (Lipinski definition) is 1. The second kappa shape index (κ2) is 19.1. The maximum atomic E-state index is 14.2. The van der Waals surface area contributed by atoms with Crippen LogP contribution < -0.4 is 72.7 Å². The zero-order chi connectivity index (χ0) is 46.1. The fourth-order valence-corrected chi connectivity index (χ4v) is 10.6. The number of fused-ring (bicyclic) bond motifs is 9. The molecule has 8 aromatic carbocycles. The summed E-state index contributed by atoms with van der Waals surface area (Å²) in [6.07, 6.45) is 0. The van der Waals surface area contributed by atoms with Crippen LogP contribution >= 0.6 is 12.0 Å². The van der Waals surface area contributed by atoms with Gasteiger partial charge in [0.25, 0.3) is 0 Å². The molecular weight excluding hydrogens is 977 g/mol. The number of nitrogens with zero attached hydrogens (tertiary/aromatic N) is 4. The third-order valence-corrected chi connectivity index (χ3v) is 14.7. The van der Waals surface area contributed by atoms with Crippen LogP contribution in [-0.2, 0) is 39.7 Å². The first-order valence-electron chi connectivity index (χ1n) is 19.5. The molecular formula is C45H29N5Na2O12S4. The van der Waals surface area contributed by atoms with Gasteiger partial charge in [-0.05, 0) is 78.5 Å². The van der Waals surface area contributed by atoms with Crippen molar-refractivity contribution in [2.24, 2.45) is 0 Å². The molecule has 10 aromatic rings. The van der Waals surface area contributed by atoms with E-state index in [9.17, 15) is 35.1 Å². The SMILES string of the molecule is Cc1ccc(S(=O)(=O)Oc2cc(-n3nc4c(S(=O)(=O)[O-])cc5cc(SOO[O-])ccc5c4n3)c(OS(=O)(=O)c3ccc(C)cc3)cc2-c2nc3c4ccccc4c4ccccc4c3[nH]2)cc1.[Na+].[Na+]. The molecule has 0 aliphatic heterocycles. The van der Waals surface area contributed by atoms with Crippen molar-refractivity contribution in [3.8, 4) is 28.6 Å². The predicted molar refractivity (Wildman–Crippen MR) is 240 cm³/mol. The van der Waals surface area contributed by atoms with Crippen molar-refractivity contribution in [1.29, 1.82) is 0 Å². The van der Waals surface area contributed by atoms with Crippen molar-refractivity contribution in [3.63, 3.8) is 0 Å². The number of imidazole rings is 1. The van der Waals surface area contributed by atoms with E-state index in [4.69, 9.17) is 13.4 Å². The van der Waals surface area contributed by atoms with Crippen LogP contribution in [0.5, 0.6) is 11.5 Å². The van der Waals surface area contributed by atoms with Crippen LogP contribution in [-0.4, -0.2) is 54.8 Å². The standard InChI is InChI=1S/C45H31N5O12S4.2Na/c1-25-11-16-29(17-12-25)65(55,56)59-38-24-37(50-48-43-31-20-15-28(63-62-61-51)21-27(31)22-40(44(43)49-50)64(52,53)54)39(60-66(57,58)30-18-13-26(2)14-19-30)23-36(38)45-46-41-34-9-5-3-7-32(34)33-8-4-6-10-35(33)42(41)47-45;;/h3-24,51H,1-2H3,(H,46,47)(H,52,53,54);;/q;2*+1/p-2. The Balaban J connectivity index is 0.00000312. The molecule has 0 saturated heterocycles. The van der Waals surface area contributed by atoms with E-state index in [0.717, 1.165) is 49.6 Å². The average molecular weight is 1010 g/mol. The van der Waals surface area contributed by atoms with Crippen molar-refractivity contribution in [3.05, 3.63) is 145 Å². The summed E-state index contributed by atoms with van der Waals surface area (Å²) in [5.41, 5.74) is 1.64. The molecule has 10 rings (SSSR count). The molecule has 2 heterocycles. The summed E-state index contributed by atoms with van der Waals surface area (Å²) in [5.74, 6) is -0.831. The second-order valence-electron chi connectivity index (χ2n) is 15.0. The number of aromatic amines is 1. The molecule has 17 nitrogen and oxygen atoms in total. The zero-order valence-electron chi connectivity index (χ0n) is 36.0. The van der Waals surface area contributed by atoms with Gasteiger partial charge < -0.3 is 23.2 Å². The molecule has 2 aromatic heterocycles. The predicted octanol–water partition coefficient (Wildman–Crippen LogP) is 1.72. The summed E-state index contributed by atoms with van der Waals surface area (Å²) in [6, 6.07) is 34.7. The smallest absolute Gasteiger partial charge is 0.744 e. The Morgan fingerprint density at radius 2 is 1.16 bits per heavy atom. The zero-order valence-corrected chi connectivity index (χ0v) is 43.3. The van der Waals surface area contributed by atoms with E-state index in [1.807, 2.05) is 48.5 Å². The first-order valence-corrected chi connectivity index (χ1v) is 24.5. The minimum absolute atomic E-state index is 0. The Bertz CT molecular complexity index is 3900. The van der Waals surface area contributed by atoms with Crippen LogP contribution in [0.2, 0.25) is 0 Å². The van der Waals surface area contributed by atoms with E-state index in [1.54, 1.807) is 38.1 Å². The number of nitrogens with one attached hydrogen (secondary N) is 1. The van der Waals surface area contributed by atoms with Crippen LogP contribution in [0.3, 0.4) is 0 Å². The van der Waals surface area contributed by atoms with Crippen molar-refractivity contribution in [1.82, 2.24) is 25.0 Å². The molecule has 0 aliphatic rings. The van der Waals surface area contributed by atoms with E-state index in [0.29, 0.717) is 23.1 Å². The van der Waals surface area contributed by atoms with Crippen molar-refractivity contribution in [2.75, 3.05) is 0 Å². The molecule has 1 N–H and O–H groups in total. The van der Waals surface area contributed by atoms with E-state index in [2.05, 4.69) is 24.6 Å². The molecule has 68 heavy (non-hydrogen) atoms. The summed E-state index contributed by atoms with van der Waals surface area (Å²) < 4.78 is 111. The van der Waals surface area contributed by atoms with Gasteiger partial charge >= 0.3 is 79.4 Å². The quantitative estimate of drug-likeness (QED) is 0.0348. The van der Waals surface area contributed by atoms with Crippen LogP contribution in [0.25, 0.3) is 71.5 Å². The van der Waals surface area contributed by atoms with Gasteiger partial charge in [-0.15, -0.1) is 15.0 Å². The van der Waals surface area contributed by atoms with Gasteiger partial charge in [0.15, 0.2) is 11.5 Å². The number of benzene rings is 8. The van der Waals surface area contributed by atoms with Crippen molar-refractivity contribution >= 4 is 96.8 Å². The van der Waals surface area contributed by atoms with Gasteiger partial charge in [0, 0.05) is 27.1 Å². The third kappa shape index (κ3) is 9.28. The van der Waals surface area contributed by atoms with Gasteiger partial charge in [0.05, 0.1) is 33.5 Å². The Hall–Kier alpha value is -4.95. The molecule has 0 fully saturated rings. The Morgan fingerprint density at radius 3 is 1.76 bits per heavy atom. The maximum Gasteiger partial charge on any atom is 1.00 e. The molecule has 0 bridgehead atoms. The van der Waals surface area contributed by atoms with Crippen molar-refractivity contribution in [2.45, 2.75) is 33.4 Å². The van der Waals surface area contributed by atoms with Gasteiger partial charge in [0.2, 0.25) is 0 Å². The van der Waals surface area contributed by atoms with Gasteiger partial charge in [-0.25, -0.2) is 13.4 Å². The minimum Gasteiger partial charge on any atom is -0.744 e. The first kappa shape index (κ1) is 49.5. The number of hydrogen-bond acceptors (Lipinski definition) is 16. The van der Waals surface area contributed by atoms with E-state index >= 15 is 0 Å². The van der Waals surface area contributed by atoms with E-state index < -0.39 is 52.3 Å². The molecule has 0 atom stereocenters. The third-order valence-electron chi connectivity index (χ3n) is 10.8. The molecule has 0 radical (unpaired) electrons. The summed E-state index contributed by atoms with van der Waals surface area (Å²) in [7, 11) is -14.6. The van der Waals surface area contributed by atoms with Crippen LogP contribution in [0.4, 0.5) is 0 Å². The molecule has 23 heteroatoms. The summed E-state index contributed by atoms with van der Waals surface area (Å²) >= 11 is 0.521. The largest absolute Gasteiger partial charge is 1.00 e. The molecule has 0 saturated carbocycles. The number of H-pyrrole nitrogens is 1. The van der Waals surface area contributed by atoms with Crippen LogP contribution in [0, 0.1) is 13.8 Å². The van der Waals surface area contributed by atoms with Crippen LogP contribution in [0.1, 0.15) is 11.1 Å². The van der Waals surface area contributed by atoms with Gasteiger partial charge in [-0.1, -0.05) is 90.0 Å². The summed E-state index contributed by atoms with van der Waals surface area (Å²) in [6.45, 7) is 3.55.